The van der Waals surface area contributed by atoms with Gasteiger partial charge >= 0.3 is 0 Å². The minimum Gasteiger partial charge on any atom is -0.388 e. The monoisotopic (exact) mass is 297 g/mol. The van der Waals surface area contributed by atoms with Crippen LogP contribution in [0.1, 0.15) is 25.0 Å². The predicted octanol–water partition coefficient (Wildman–Crippen LogP) is 0.785. The van der Waals surface area contributed by atoms with Crippen LogP contribution in [0.15, 0.2) is 10.6 Å². The molecular formula is C14H23N3O4. The largest absolute Gasteiger partial charge is 0.388 e. The van der Waals surface area contributed by atoms with Crippen molar-refractivity contribution in [1.29, 1.82) is 0 Å². The Hall–Kier alpha value is -1.44. The van der Waals surface area contributed by atoms with Gasteiger partial charge < -0.3 is 24.6 Å². The first-order valence-electron chi connectivity index (χ1n) is 7.19. The quantitative estimate of drug-likeness (QED) is 0.807. The minimum absolute atomic E-state index is 0.117. The number of nitrogens with zero attached hydrogens (tertiary/aromatic N) is 2. The summed E-state index contributed by atoms with van der Waals surface area (Å²) < 4.78 is 10.1. The van der Waals surface area contributed by atoms with E-state index < -0.39 is 5.60 Å². The van der Waals surface area contributed by atoms with E-state index in [4.69, 9.17) is 9.26 Å². The summed E-state index contributed by atoms with van der Waals surface area (Å²) in [6.07, 6.45) is 1.62. The summed E-state index contributed by atoms with van der Waals surface area (Å²) in [5.74, 6) is 0.974. The number of anilines is 1. The van der Waals surface area contributed by atoms with Crippen LogP contribution in [-0.4, -0.2) is 60.0 Å². The highest BCUT2D eigenvalue weighted by Gasteiger charge is 2.30. The van der Waals surface area contributed by atoms with E-state index in [0.717, 1.165) is 0 Å². The van der Waals surface area contributed by atoms with Crippen LogP contribution in [0.25, 0.3) is 0 Å². The number of nitrogens with one attached hydrogen (secondary N) is 1. The molecular weight excluding hydrogens is 274 g/mol. The van der Waals surface area contributed by atoms with Crippen LogP contribution >= 0.6 is 0 Å². The maximum atomic E-state index is 11.8. The van der Waals surface area contributed by atoms with Gasteiger partial charge in [-0.2, -0.15) is 0 Å². The predicted molar refractivity (Wildman–Crippen MR) is 77.0 cm³/mol. The molecule has 1 amide bonds. The van der Waals surface area contributed by atoms with Crippen LogP contribution in [-0.2, 0) is 9.53 Å². The lowest BCUT2D eigenvalue weighted by atomic mass is 9.94. The molecule has 1 aliphatic rings. The number of aryl methyl sites for hydroxylation is 1. The third-order valence-electron chi connectivity index (χ3n) is 3.60. The number of hydrogen-bond acceptors (Lipinski definition) is 6. The summed E-state index contributed by atoms with van der Waals surface area (Å²) in [4.78, 5) is 13.8. The van der Waals surface area contributed by atoms with E-state index in [0.29, 0.717) is 57.1 Å². The van der Waals surface area contributed by atoms with Crippen molar-refractivity contribution in [2.24, 2.45) is 0 Å². The van der Waals surface area contributed by atoms with E-state index in [9.17, 15) is 9.90 Å². The lowest BCUT2D eigenvalue weighted by Gasteiger charge is -2.35. The second-order valence-electron chi connectivity index (χ2n) is 5.70. The van der Waals surface area contributed by atoms with Crippen LogP contribution in [0, 0.1) is 6.92 Å². The highest BCUT2D eigenvalue weighted by molar-refractivity contribution is 5.89. The first kappa shape index (κ1) is 15.9. The molecule has 2 heterocycles. The fourth-order valence-electron chi connectivity index (χ4n) is 2.41. The third-order valence-corrected chi connectivity index (χ3v) is 3.60. The molecule has 0 saturated carbocycles. The molecule has 1 saturated heterocycles. The van der Waals surface area contributed by atoms with Crippen LogP contribution in [0.4, 0.5) is 5.82 Å². The Bertz CT molecular complexity index is 469. The molecule has 7 nitrogen and oxygen atoms in total. The van der Waals surface area contributed by atoms with E-state index >= 15 is 0 Å². The Morgan fingerprint density at radius 3 is 2.86 bits per heavy atom. The fourth-order valence-corrected chi connectivity index (χ4v) is 2.41. The summed E-state index contributed by atoms with van der Waals surface area (Å²) in [5.41, 5.74) is -0.702. The molecule has 0 radical (unpaired) electrons. The zero-order chi connectivity index (χ0) is 15.3. The van der Waals surface area contributed by atoms with Crippen molar-refractivity contribution < 1.29 is 19.2 Å². The number of aromatic nitrogens is 1. The number of carbonyl (C=O) groups is 1. The molecule has 7 heteroatoms. The molecule has 1 aliphatic heterocycles. The standard InChI is InChI=1S/C14H23N3O4/c1-11-9-12(16-21-11)15-13(18)3-6-17(2)10-14(19)4-7-20-8-5-14/h9,19H,3-8,10H2,1-2H3,(H,15,16,18). The summed E-state index contributed by atoms with van der Waals surface area (Å²) in [6.45, 7) is 4.08. The van der Waals surface area contributed by atoms with Crippen LogP contribution in [0.3, 0.4) is 0 Å². The van der Waals surface area contributed by atoms with Crippen molar-refractivity contribution >= 4 is 11.7 Å². The van der Waals surface area contributed by atoms with E-state index in [1.807, 2.05) is 11.9 Å². The number of hydrogen-bond donors (Lipinski definition) is 2. The number of ether oxygens (including phenoxy) is 1. The lowest BCUT2D eigenvalue weighted by molar-refractivity contribution is -0.117. The molecule has 0 atom stereocenters. The molecule has 21 heavy (non-hydrogen) atoms. The van der Waals surface area contributed by atoms with Crippen LogP contribution in [0.2, 0.25) is 0 Å². The van der Waals surface area contributed by atoms with Crippen LogP contribution < -0.4 is 5.32 Å². The molecule has 0 aromatic carbocycles. The van der Waals surface area contributed by atoms with Gasteiger partial charge in [-0.1, -0.05) is 5.16 Å². The Labute approximate surface area is 124 Å². The van der Waals surface area contributed by atoms with Gasteiger partial charge in [-0.25, -0.2) is 0 Å². The average molecular weight is 297 g/mol. The molecule has 0 spiro atoms. The summed E-state index contributed by atoms with van der Waals surface area (Å²) in [5, 5.41) is 16.8. The second-order valence-corrected chi connectivity index (χ2v) is 5.70. The first-order chi connectivity index (χ1) is 9.97. The number of rotatable bonds is 6. The molecule has 0 bridgehead atoms. The van der Waals surface area contributed by atoms with Gasteiger partial charge in [-0.3, -0.25) is 4.79 Å². The van der Waals surface area contributed by atoms with Gasteiger partial charge in [0.25, 0.3) is 0 Å². The molecule has 1 aromatic heterocycles. The van der Waals surface area contributed by atoms with E-state index in [2.05, 4.69) is 10.5 Å². The Kier molecular flexibility index (Phi) is 5.33. The molecule has 2 N–H and O–H groups in total. The van der Waals surface area contributed by atoms with E-state index in [1.54, 1.807) is 13.0 Å². The zero-order valence-corrected chi connectivity index (χ0v) is 12.6. The Morgan fingerprint density at radius 2 is 2.24 bits per heavy atom. The summed E-state index contributed by atoms with van der Waals surface area (Å²) >= 11 is 0. The van der Waals surface area contributed by atoms with Gasteiger partial charge in [0.15, 0.2) is 5.82 Å². The highest BCUT2D eigenvalue weighted by atomic mass is 16.5. The van der Waals surface area contributed by atoms with Crippen LogP contribution in [0.5, 0.6) is 0 Å². The third kappa shape index (κ3) is 5.11. The van der Waals surface area contributed by atoms with Gasteiger partial charge in [-0.05, 0) is 14.0 Å². The number of carbonyl (C=O) groups excluding carboxylic acids is 1. The van der Waals surface area contributed by atoms with Gasteiger partial charge in [0.2, 0.25) is 5.91 Å². The lowest BCUT2D eigenvalue weighted by Crippen LogP contribution is -2.46. The molecule has 0 unspecified atom stereocenters. The van der Waals surface area contributed by atoms with Crippen molar-refractivity contribution in [3.63, 3.8) is 0 Å². The maximum Gasteiger partial charge on any atom is 0.226 e. The topological polar surface area (TPSA) is 87.8 Å². The first-order valence-corrected chi connectivity index (χ1v) is 7.19. The van der Waals surface area contributed by atoms with Crippen molar-refractivity contribution in [1.82, 2.24) is 10.1 Å². The van der Waals surface area contributed by atoms with Crippen molar-refractivity contribution in [3.8, 4) is 0 Å². The van der Waals surface area contributed by atoms with Crippen molar-refractivity contribution in [2.75, 3.05) is 38.7 Å². The molecule has 2 rings (SSSR count). The van der Waals surface area contributed by atoms with Crippen molar-refractivity contribution in [2.45, 2.75) is 31.8 Å². The van der Waals surface area contributed by atoms with E-state index in [1.165, 1.54) is 0 Å². The average Bonchev–Trinajstić information content (AvgIpc) is 2.82. The Morgan fingerprint density at radius 1 is 1.52 bits per heavy atom. The number of amides is 1. The van der Waals surface area contributed by atoms with Crippen molar-refractivity contribution in [3.05, 3.63) is 11.8 Å². The van der Waals surface area contributed by atoms with E-state index in [-0.39, 0.29) is 5.91 Å². The van der Waals surface area contributed by atoms with Gasteiger partial charge in [0.05, 0.1) is 5.60 Å². The number of aliphatic hydroxyl groups is 1. The highest BCUT2D eigenvalue weighted by Crippen LogP contribution is 2.21. The normalized spacial score (nSPS) is 17.9. The molecule has 1 fully saturated rings. The maximum absolute atomic E-state index is 11.8. The summed E-state index contributed by atoms with van der Waals surface area (Å²) in [6, 6.07) is 1.67. The minimum atomic E-state index is -0.702. The molecule has 0 aliphatic carbocycles. The number of likely N-dealkylation sites (N-methyl/N-ethyl adjacent to an activating group) is 1. The van der Waals surface area contributed by atoms with Gasteiger partial charge in [-0.15, -0.1) is 0 Å². The Balaban J connectivity index is 1.70. The summed E-state index contributed by atoms with van der Waals surface area (Å²) in [7, 11) is 1.90. The van der Waals surface area contributed by atoms with Gasteiger partial charge in [0, 0.05) is 51.6 Å². The molecule has 1 aromatic rings. The second kappa shape index (κ2) is 7.02. The SMILES string of the molecule is Cc1cc(NC(=O)CCN(C)CC2(O)CCOCC2)no1. The smallest absolute Gasteiger partial charge is 0.226 e. The molecule has 118 valence electrons. The fraction of sp³-hybridized carbons (Fsp3) is 0.714. The zero-order valence-electron chi connectivity index (χ0n) is 12.6. The van der Waals surface area contributed by atoms with Gasteiger partial charge in [0.1, 0.15) is 5.76 Å².